The number of hydrogen-bond acceptors (Lipinski definition) is 5. The minimum atomic E-state index is 0.226. The monoisotopic (exact) mass is 330 g/mol. The fourth-order valence-electron chi connectivity index (χ4n) is 3.11. The van der Waals surface area contributed by atoms with Crippen LogP contribution in [0.2, 0.25) is 0 Å². The molecule has 1 aliphatic heterocycles. The van der Waals surface area contributed by atoms with Gasteiger partial charge in [0.1, 0.15) is 5.82 Å². The molecular formula is C17H22N4OS. The predicted octanol–water partition coefficient (Wildman–Crippen LogP) is 2.45. The maximum absolute atomic E-state index is 12.5. The number of aryl methyl sites for hydroxylation is 1. The Morgan fingerprint density at radius 2 is 2.22 bits per heavy atom. The van der Waals surface area contributed by atoms with Gasteiger partial charge >= 0.3 is 0 Å². The van der Waals surface area contributed by atoms with Gasteiger partial charge in [-0.25, -0.2) is 4.98 Å². The van der Waals surface area contributed by atoms with Gasteiger partial charge in [-0.15, -0.1) is 11.3 Å². The third-order valence-corrected chi connectivity index (χ3v) is 5.28. The van der Waals surface area contributed by atoms with Crippen molar-refractivity contribution in [2.75, 3.05) is 18.8 Å². The van der Waals surface area contributed by atoms with Gasteiger partial charge in [-0.1, -0.05) is 0 Å². The molecule has 2 N–H and O–H groups in total. The third-order valence-electron chi connectivity index (χ3n) is 4.28. The first-order chi connectivity index (χ1) is 11.1. The van der Waals surface area contributed by atoms with E-state index in [0.717, 1.165) is 42.9 Å². The van der Waals surface area contributed by atoms with Gasteiger partial charge in [0.15, 0.2) is 0 Å². The van der Waals surface area contributed by atoms with Crippen LogP contribution < -0.4 is 5.73 Å². The highest BCUT2D eigenvalue weighted by atomic mass is 32.1. The fraction of sp³-hybridized carbons (Fsp3) is 0.471. The van der Waals surface area contributed by atoms with Crippen molar-refractivity contribution in [2.24, 2.45) is 5.92 Å². The molecule has 3 heterocycles. The Balaban J connectivity index is 1.59. The SMILES string of the molecule is Cc1ccc(CC(=O)N2CCCC(Cc3nccnc3N)C2)s1. The van der Waals surface area contributed by atoms with Crippen LogP contribution in [0, 0.1) is 12.8 Å². The molecule has 0 aliphatic carbocycles. The Morgan fingerprint density at radius 3 is 2.96 bits per heavy atom. The van der Waals surface area contributed by atoms with Gasteiger partial charge < -0.3 is 10.6 Å². The van der Waals surface area contributed by atoms with Crippen LogP contribution in [0.5, 0.6) is 0 Å². The summed E-state index contributed by atoms with van der Waals surface area (Å²) in [5, 5.41) is 0. The van der Waals surface area contributed by atoms with Gasteiger partial charge in [-0.3, -0.25) is 9.78 Å². The number of hydrogen-bond donors (Lipinski definition) is 1. The predicted molar refractivity (Wildman–Crippen MR) is 92.2 cm³/mol. The molecule has 6 heteroatoms. The lowest BCUT2D eigenvalue weighted by atomic mass is 9.93. The lowest BCUT2D eigenvalue weighted by Gasteiger charge is -2.32. The first-order valence-corrected chi connectivity index (χ1v) is 8.82. The molecule has 0 bridgehead atoms. The number of rotatable bonds is 4. The maximum atomic E-state index is 12.5. The molecule has 1 atom stereocenters. The summed E-state index contributed by atoms with van der Waals surface area (Å²) in [4.78, 5) is 25.3. The molecule has 23 heavy (non-hydrogen) atoms. The summed E-state index contributed by atoms with van der Waals surface area (Å²) >= 11 is 1.70. The topological polar surface area (TPSA) is 72.1 Å². The minimum absolute atomic E-state index is 0.226. The van der Waals surface area contributed by atoms with Crippen molar-refractivity contribution in [3.63, 3.8) is 0 Å². The minimum Gasteiger partial charge on any atom is -0.382 e. The van der Waals surface area contributed by atoms with E-state index in [1.807, 2.05) is 4.90 Å². The molecule has 0 spiro atoms. The molecule has 1 unspecified atom stereocenters. The lowest BCUT2D eigenvalue weighted by molar-refractivity contribution is -0.132. The highest BCUT2D eigenvalue weighted by Gasteiger charge is 2.25. The summed E-state index contributed by atoms with van der Waals surface area (Å²) in [6.07, 6.45) is 6.74. The fourth-order valence-corrected chi connectivity index (χ4v) is 3.99. The van der Waals surface area contributed by atoms with E-state index in [9.17, 15) is 4.79 Å². The largest absolute Gasteiger partial charge is 0.382 e. The maximum Gasteiger partial charge on any atom is 0.227 e. The third kappa shape index (κ3) is 4.07. The van der Waals surface area contributed by atoms with Gasteiger partial charge in [-0.2, -0.15) is 0 Å². The van der Waals surface area contributed by atoms with Crippen molar-refractivity contribution in [1.82, 2.24) is 14.9 Å². The summed E-state index contributed by atoms with van der Waals surface area (Å²) in [5.41, 5.74) is 6.73. The van der Waals surface area contributed by atoms with Crippen LogP contribution in [-0.2, 0) is 17.6 Å². The molecule has 1 fully saturated rings. The second kappa shape index (κ2) is 7.08. The van der Waals surface area contributed by atoms with Crippen LogP contribution in [-0.4, -0.2) is 33.9 Å². The van der Waals surface area contributed by atoms with Gasteiger partial charge in [0.2, 0.25) is 5.91 Å². The van der Waals surface area contributed by atoms with E-state index in [0.29, 0.717) is 18.2 Å². The Morgan fingerprint density at radius 1 is 1.39 bits per heavy atom. The molecule has 2 aromatic rings. The first kappa shape index (κ1) is 15.9. The zero-order valence-corrected chi connectivity index (χ0v) is 14.2. The van der Waals surface area contributed by atoms with E-state index in [4.69, 9.17) is 5.73 Å². The smallest absolute Gasteiger partial charge is 0.227 e. The number of piperidine rings is 1. The summed E-state index contributed by atoms with van der Waals surface area (Å²) in [6, 6.07) is 4.13. The van der Waals surface area contributed by atoms with E-state index in [-0.39, 0.29) is 5.91 Å². The Labute approximate surface area is 140 Å². The van der Waals surface area contributed by atoms with E-state index >= 15 is 0 Å². The second-order valence-electron chi connectivity index (χ2n) is 6.13. The van der Waals surface area contributed by atoms with Gasteiger partial charge in [-0.05, 0) is 44.2 Å². The number of nitrogens with two attached hydrogens (primary N) is 1. The number of amides is 1. The molecule has 0 saturated carbocycles. The number of carbonyl (C=O) groups is 1. The van der Waals surface area contributed by atoms with Crippen LogP contribution >= 0.6 is 11.3 Å². The second-order valence-corrected chi connectivity index (χ2v) is 7.50. The van der Waals surface area contributed by atoms with E-state index in [1.165, 1.54) is 4.88 Å². The quantitative estimate of drug-likeness (QED) is 0.934. The van der Waals surface area contributed by atoms with Crippen LogP contribution in [0.15, 0.2) is 24.5 Å². The average molecular weight is 330 g/mol. The van der Waals surface area contributed by atoms with Crippen LogP contribution in [0.4, 0.5) is 5.82 Å². The Kier molecular flexibility index (Phi) is 4.91. The number of likely N-dealkylation sites (tertiary alicyclic amines) is 1. The molecule has 122 valence electrons. The molecule has 1 saturated heterocycles. The highest BCUT2D eigenvalue weighted by Crippen LogP contribution is 2.23. The van der Waals surface area contributed by atoms with Crippen LogP contribution in [0.1, 0.15) is 28.3 Å². The highest BCUT2D eigenvalue weighted by molar-refractivity contribution is 7.12. The van der Waals surface area contributed by atoms with Gasteiger partial charge in [0.05, 0.1) is 12.1 Å². The normalized spacial score (nSPS) is 18.1. The Hall–Kier alpha value is -1.95. The van der Waals surface area contributed by atoms with Crippen LogP contribution in [0.3, 0.4) is 0 Å². The van der Waals surface area contributed by atoms with E-state index in [1.54, 1.807) is 23.7 Å². The standard InChI is InChI=1S/C17H22N4OS/c1-12-4-5-14(23-12)10-16(22)21-8-2-3-13(11-21)9-15-17(18)20-7-6-19-15/h4-7,13H,2-3,8-11H2,1H3,(H2,18,20). The molecule has 1 aliphatic rings. The molecule has 0 radical (unpaired) electrons. The summed E-state index contributed by atoms with van der Waals surface area (Å²) in [5.74, 6) is 1.14. The van der Waals surface area contributed by atoms with Gasteiger partial charge in [0.25, 0.3) is 0 Å². The summed E-state index contributed by atoms with van der Waals surface area (Å²) < 4.78 is 0. The van der Waals surface area contributed by atoms with E-state index in [2.05, 4.69) is 29.0 Å². The van der Waals surface area contributed by atoms with Crippen molar-refractivity contribution < 1.29 is 4.79 Å². The van der Waals surface area contributed by atoms with E-state index < -0.39 is 0 Å². The first-order valence-electron chi connectivity index (χ1n) is 8.00. The number of nitrogen functional groups attached to an aromatic ring is 1. The van der Waals surface area contributed by atoms with Crippen molar-refractivity contribution in [1.29, 1.82) is 0 Å². The Bertz CT molecular complexity index is 685. The molecule has 1 amide bonds. The number of thiophene rings is 1. The molecular weight excluding hydrogens is 308 g/mol. The zero-order chi connectivity index (χ0) is 16.2. The van der Waals surface area contributed by atoms with Crippen molar-refractivity contribution in [2.45, 2.75) is 32.6 Å². The number of aromatic nitrogens is 2. The lowest BCUT2D eigenvalue weighted by Crippen LogP contribution is -2.41. The van der Waals surface area contributed by atoms with Crippen molar-refractivity contribution in [3.8, 4) is 0 Å². The van der Waals surface area contributed by atoms with Crippen LogP contribution in [0.25, 0.3) is 0 Å². The summed E-state index contributed by atoms with van der Waals surface area (Å²) in [7, 11) is 0. The number of carbonyl (C=O) groups excluding carboxylic acids is 1. The molecule has 0 aromatic carbocycles. The molecule has 5 nitrogen and oxygen atoms in total. The van der Waals surface area contributed by atoms with Crippen molar-refractivity contribution in [3.05, 3.63) is 40.0 Å². The molecule has 3 rings (SSSR count). The average Bonchev–Trinajstić information content (AvgIpc) is 2.95. The van der Waals surface area contributed by atoms with Gasteiger partial charge in [0, 0.05) is 35.2 Å². The number of nitrogens with zero attached hydrogens (tertiary/aromatic N) is 3. The van der Waals surface area contributed by atoms with Crippen molar-refractivity contribution >= 4 is 23.1 Å². The molecule has 2 aromatic heterocycles. The number of anilines is 1. The summed E-state index contributed by atoms with van der Waals surface area (Å²) in [6.45, 7) is 3.72. The zero-order valence-electron chi connectivity index (χ0n) is 13.4.